The molecule has 0 fully saturated rings. The second-order valence-electron chi connectivity index (χ2n) is 11.2. The van der Waals surface area contributed by atoms with Gasteiger partial charge in [0.05, 0.1) is 14.2 Å². The molecule has 0 atom stereocenters. The van der Waals surface area contributed by atoms with Crippen LogP contribution >= 0.6 is 0 Å². The van der Waals surface area contributed by atoms with Gasteiger partial charge in [0, 0.05) is 46.0 Å². The highest BCUT2D eigenvalue weighted by Crippen LogP contribution is 2.51. The monoisotopic (exact) mass is 586 g/mol. The third kappa shape index (κ3) is 4.28. The molecule has 0 spiro atoms. The molecule has 0 saturated heterocycles. The Morgan fingerprint density at radius 2 is 1.34 bits per heavy atom. The molecule has 0 bridgehead atoms. The summed E-state index contributed by atoms with van der Waals surface area (Å²) in [6.45, 7) is 0. The molecule has 0 amide bonds. The van der Waals surface area contributed by atoms with Crippen molar-refractivity contribution in [1.82, 2.24) is 0 Å². The Balaban J connectivity index is 1.46. The van der Waals surface area contributed by atoms with Gasteiger partial charge >= 0.3 is 0 Å². The van der Waals surface area contributed by atoms with E-state index in [2.05, 4.69) is 0 Å². The third-order valence-corrected chi connectivity index (χ3v) is 8.69. The summed E-state index contributed by atoms with van der Waals surface area (Å²) in [5, 5.41) is 56.4. The molecule has 0 heterocycles. The zero-order chi connectivity index (χ0) is 30.7. The summed E-state index contributed by atoms with van der Waals surface area (Å²) in [5.41, 5.74) is 6.56. The van der Waals surface area contributed by atoms with Gasteiger partial charge in [-0.3, -0.25) is 0 Å². The quantitative estimate of drug-likeness (QED) is 0.132. The van der Waals surface area contributed by atoms with E-state index in [1.165, 1.54) is 26.4 Å². The van der Waals surface area contributed by atoms with Crippen molar-refractivity contribution in [1.29, 1.82) is 0 Å². The van der Waals surface area contributed by atoms with E-state index in [9.17, 15) is 25.5 Å². The maximum atomic E-state index is 11.4. The SMILES string of the molecule is COc1cc(O)cc2ccc3c(-c4cc5c(cc4O)CCc4c-5ccc(O)c4Cc4ccc(O)cc4)c(O)cc(OC)c3c12. The molecule has 6 aromatic rings. The fourth-order valence-corrected chi connectivity index (χ4v) is 6.67. The van der Waals surface area contributed by atoms with E-state index in [0.717, 1.165) is 38.8 Å². The number of benzene rings is 6. The molecule has 220 valence electrons. The Bertz CT molecular complexity index is 2110. The smallest absolute Gasteiger partial charge is 0.131 e. The lowest BCUT2D eigenvalue weighted by atomic mass is 9.80. The van der Waals surface area contributed by atoms with Gasteiger partial charge in [-0.2, -0.15) is 0 Å². The minimum atomic E-state index is -0.0588. The summed E-state index contributed by atoms with van der Waals surface area (Å²) in [7, 11) is 3.05. The molecule has 6 aromatic carbocycles. The second kappa shape index (κ2) is 10.3. The average Bonchev–Trinajstić information content (AvgIpc) is 3.02. The van der Waals surface area contributed by atoms with Crippen LogP contribution in [0.5, 0.6) is 40.2 Å². The van der Waals surface area contributed by atoms with E-state index >= 15 is 0 Å². The lowest BCUT2D eigenvalue weighted by Crippen LogP contribution is -2.08. The van der Waals surface area contributed by atoms with Crippen LogP contribution in [-0.2, 0) is 19.3 Å². The molecule has 1 aliphatic rings. The number of hydrogen-bond donors (Lipinski definition) is 5. The normalized spacial score (nSPS) is 12.2. The Morgan fingerprint density at radius 1 is 0.591 bits per heavy atom. The van der Waals surface area contributed by atoms with E-state index in [4.69, 9.17) is 9.47 Å². The van der Waals surface area contributed by atoms with E-state index in [0.29, 0.717) is 58.0 Å². The van der Waals surface area contributed by atoms with Crippen LogP contribution in [0.25, 0.3) is 43.8 Å². The number of hydrogen-bond acceptors (Lipinski definition) is 7. The Hall–Kier alpha value is -5.56. The number of rotatable bonds is 5. The maximum absolute atomic E-state index is 11.4. The van der Waals surface area contributed by atoms with Crippen LogP contribution in [0.1, 0.15) is 22.3 Å². The fourth-order valence-electron chi connectivity index (χ4n) is 6.67. The van der Waals surface area contributed by atoms with Gasteiger partial charge in [-0.05, 0) is 87.8 Å². The number of aryl methyl sites for hydroxylation is 1. The van der Waals surface area contributed by atoms with Crippen molar-refractivity contribution in [3.05, 3.63) is 101 Å². The first kappa shape index (κ1) is 27.3. The molecule has 1 aliphatic carbocycles. The molecule has 7 heteroatoms. The largest absolute Gasteiger partial charge is 0.508 e. The number of aromatic hydroxyl groups is 5. The van der Waals surface area contributed by atoms with Crippen LogP contribution in [0.15, 0.2) is 78.9 Å². The Labute approximate surface area is 253 Å². The van der Waals surface area contributed by atoms with Crippen LogP contribution < -0.4 is 9.47 Å². The van der Waals surface area contributed by atoms with Gasteiger partial charge in [-0.15, -0.1) is 0 Å². The van der Waals surface area contributed by atoms with Gasteiger partial charge < -0.3 is 35.0 Å². The first-order valence-electron chi connectivity index (χ1n) is 14.3. The standard InChI is InChI=1S/C37H30O7/c1-43-33-16-23(39)14-21-6-10-26-36(32(42)18-34(44-2)37(26)35(21)33)29-17-27-20(15-31(29)41)5-9-25-24(27)11-12-30(40)28(25)13-19-3-7-22(38)8-4-19/h3-4,6-8,10-12,14-18,38-42H,5,9,13H2,1-2H3. The Morgan fingerprint density at radius 3 is 2.09 bits per heavy atom. The number of phenols is 5. The van der Waals surface area contributed by atoms with Crippen molar-refractivity contribution in [2.45, 2.75) is 19.3 Å². The van der Waals surface area contributed by atoms with Gasteiger partial charge in [0.2, 0.25) is 0 Å². The average molecular weight is 587 g/mol. The fraction of sp³-hybridized carbons (Fsp3) is 0.135. The summed E-state index contributed by atoms with van der Waals surface area (Å²) in [4.78, 5) is 0. The predicted octanol–water partition coefficient (Wildman–Crippen LogP) is 7.56. The van der Waals surface area contributed by atoms with Crippen LogP contribution in [0.2, 0.25) is 0 Å². The number of fused-ring (bicyclic) bond motifs is 6. The molecule has 44 heavy (non-hydrogen) atoms. The molecule has 5 N–H and O–H groups in total. The minimum absolute atomic E-state index is 0.0369. The first-order valence-corrected chi connectivity index (χ1v) is 14.3. The van der Waals surface area contributed by atoms with E-state index in [-0.39, 0.29) is 28.7 Å². The summed E-state index contributed by atoms with van der Waals surface area (Å²) in [6, 6.07) is 22.6. The molecule has 0 aromatic heterocycles. The van der Waals surface area contributed by atoms with E-state index in [1.54, 1.807) is 30.3 Å². The molecular weight excluding hydrogens is 556 g/mol. The molecule has 7 nitrogen and oxygen atoms in total. The van der Waals surface area contributed by atoms with Crippen molar-refractivity contribution in [3.63, 3.8) is 0 Å². The summed E-state index contributed by atoms with van der Waals surface area (Å²) >= 11 is 0. The Kier molecular flexibility index (Phi) is 6.39. The van der Waals surface area contributed by atoms with Crippen LogP contribution in [0, 0.1) is 0 Å². The van der Waals surface area contributed by atoms with Crippen molar-refractivity contribution >= 4 is 21.5 Å². The molecule has 7 rings (SSSR count). The molecule has 0 saturated carbocycles. The zero-order valence-corrected chi connectivity index (χ0v) is 24.2. The summed E-state index contributed by atoms with van der Waals surface area (Å²) in [6.07, 6.45) is 1.87. The van der Waals surface area contributed by atoms with E-state index in [1.807, 2.05) is 36.4 Å². The van der Waals surface area contributed by atoms with Crippen molar-refractivity contribution in [2.24, 2.45) is 0 Å². The van der Waals surface area contributed by atoms with Crippen LogP contribution in [0.4, 0.5) is 0 Å². The first-order chi connectivity index (χ1) is 21.3. The topological polar surface area (TPSA) is 120 Å². The van der Waals surface area contributed by atoms with Crippen molar-refractivity contribution < 1.29 is 35.0 Å². The minimum Gasteiger partial charge on any atom is -0.508 e. The summed E-state index contributed by atoms with van der Waals surface area (Å²) < 4.78 is 11.3. The number of phenolic OH excluding ortho intramolecular Hbond substituents is 5. The predicted molar refractivity (Wildman–Crippen MR) is 170 cm³/mol. The highest BCUT2D eigenvalue weighted by Gasteiger charge is 2.26. The molecule has 0 aliphatic heterocycles. The van der Waals surface area contributed by atoms with Gasteiger partial charge in [-0.25, -0.2) is 0 Å². The van der Waals surface area contributed by atoms with Crippen LogP contribution in [0.3, 0.4) is 0 Å². The summed E-state index contributed by atoms with van der Waals surface area (Å²) in [5.74, 6) is 1.32. The van der Waals surface area contributed by atoms with Gasteiger partial charge in [-0.1, -0.05) is 30.3 Å². The lowest BCUT2D eigenvalue weighted by molar-refractivity contribution is 0.409. The van der Waals surface area contributed by atoms with Crippen molar-refractivity contribution in [2.75, 3.05) is 14.2 Å². The third-order valence-electron chi connectivity index (χ3n) is 8.69. The number of ether oxygens (including phenoxy) is 2. The highest BCUT2D eigenvalue weighted by molar-refractivity contribution is 6.19. The lowest BCUT2D eigenvalue weighted by Gasteiger charge is -2.25. The van der Waals surface area contributed by atoms with Crippen LogP contribution in [-0.4, -0.2) is 39.8 Å². The molecular formula is C37H30O7. The second-order valence-corrected chi connectivity index (χ2v) is 11.2. The van der Waals surface area contributed by atoms with Gasteiger partial charge in [0.1, 0.15) is 40.2 Å². The zero-order valence-electron chi connectivity index (χ0n) is 24.2. The van der Waals surface area contributed by atoms with Crippen molar-refractivity contribution in [3.8, 4) is 62.5 Å². The van der Waals surface area contributed by atoms with Gasteiger partial charge in [0.25, 0.3) is 0 Å². The van der Waals surface area contributed by atoms with E-state index < -0.39 is 0 Å². The maximum Gasteiger partial charge on any atom is 0.131 e. The van der Waals surface area contributed by atoms with Gasteiger partial charge in [0.15, 0.2) is 0 Å². The highest BCUT2D eigenvalue weighted by atomic mass is 16.5. The number of methoxy groups -OCH3 is 2. The molecule has 0 radical (unpaired) electrons. The molecule has 0 unspecified atom stereocenters.